The fraction of sp³-hybridized carbons (Fsp3) is 0.0833. The average Bonchev–Trinajstić information content (AvgIpc) is 3.62. The lowest BCUT2D eigenvalue weighted by atomic mass is 9.70. The molecule has 0 bridgehead atoms. The molecule has 0 N–H and O–H groups in total. The fourth-order valence-corrected chi connectivity index (χ4v) is 8.82. The number of benzene rings is 8. The van der Waals surface area contributed by atoms with Crippen LogP contribution in [0.2, 0.25) is 0 Å². The number of hydrogen-bond acceptors (Lipinski definition) is 1. The molecule has 0 saturated heterocycles. The Hall–Kier alpha value is -5.99. The smallest absolute Gasteiger partial charge is 0.123 e. The van der Waals surface area contributed by atoms with Crippen molar-refractivity contribution in [2.75, 3.05) is 4.90 Å². The molecule has 0 aromatic heterocycles. The molecule has 2 aliphatic rings. The molecule has 0 atom stereocenters. The van der Waals surface area contributed by atoms with Crippen LogP contribution in [0.25, 0.3) is 43.8 Å². The molecular formula is C48H34FN. The number of fused-ring (bicyclic) bond motifs is 13. The lowest BCUT2D eigenvalue weighted by molar-refractivity contribution is 0.628. The second-order valence-corrected chi connectivity index (χ2v) is 14.0. The van der Waals surface area contributed by atoms with Gasteiger partial charge in [0.2, 0.25) is 0 Å². The van der Waals surface area contributed by atoms with Crippen molar-refractivity contribution in [3.63, 3.8) is 0 Å². The van der Waals surface area contributed by atoms with Gasteiger partial charge >= 0.3 is 0 Å². The first-order valence-electron chi connectivity index (χ1n) is 17.5. The van der Waals surface area contributed by atoms with Gasteiger partial charge in [-0.15, -0.1) is 0 Å². The molecule has 0 fully saturated rings. The molecule has 0 radical (unpaired) electrons. The maximum Gasteiger partial charge on any atom is 0.123 e. The highest BCUT2D eigenvalue weighted by Gasteiger charge is 2.52. The van der Waals surface area contributed by atoms with Crippen LogP contribution in [0.3, 0.4) is 0 Å². The van der Waals surface area contributed by atoms with Gasteiger partial charge in [-0.25, -0.2) is 4.39 Å². The highest BCUT2D eigenvalue weighted by molar-refractivity contribution is 6.08. The van der Waals surface area contributed by atoms with Crippen LogP contribution in [0.15, 0.2) is 164 Å². The zero-order valence-corrected chi connectivity index (χ0v) is 28.0. The predicted octanol–water partition coefficient (Wildman–Crippen LogP) is 13.1. The Bertz CT molecular complexity index is 2590. The molecule has 1 spiro atoms. The maximum atomic E-state index is 14.2. The minimum absolute atomic E-state index is 0.243. The van der Waals surface area contributed by atoms with E-state index in [1.165, 1.54) is 71.6 Å². The molecule has 0 saturated carbocycles. The van der Waals surface area contributed by atoms with Gasteiger partial charge in [0.15, 0.2) is 0 Å². The van der Waals surface area contributed by atoms with Crippen LogP contribution in [0.4, 0.5) is 21.5 Å². The van der Waals surface area contributed by atoms with Crippen molar-refractivity contribution in [2.24, 2.45) is 0 Å². The second-order valence-electron chi connectivity index (χ2n) is 14.0. The first kappa shape index (κ1) is 29.0. The van der Waals surface area contributed by atoms with Crippen molar-refractivity contribution < 1.29 is 4.39 Å². The summed E-state index contributed by atoms with van der Waals surface area (Å²) in [5.74, 6) is 0.193. The number of hydrogen-bond donors (Lipinski definition) is 0. The summed E-state index contributed by atoms with van der Waals surface area (Å²) in [6.07, 6.45) is 0. The Morgan fingerprint density at radius 3 is 1.76 bits per heavy atom. The molecule has 8 aromatic carbocycles. The van der Waals surface area contributed by atoms with Gasteiger partial charge in [-0.05, 0) is 138 Å². The van der Waals surface area contributed by atoms with E-state index >= 15 is 0 Å². The van der Waals surface area contributed by atoms with Gasteiger partial charge < -0.3 is 4.90 Å². The fourth-order valence-electron chi connectivity index (χ4n) is 8.82. The zero-order valence-electron chi connectivity index (χ0n) is 28.0. The average molecular weight is 644 g/mol. The normalized spacial score (nSPS) is 13.4. The molecule has 238 valence electrons. The van der Waals surface area contributed by atoms with E-state index in [0.717, 1.165) is 17.1 Å². The van der Waals surface area contributed by atoms with Crippen LogP contribution in [0.1, 0.15) is 47.6 Å². The van der Waals surface area contributed by atoms with E-state index in [2.05, 4.69) is 158 Å². The highest BCUT2D eigenvalue weighted by atomic mass is 19.1. The maximum absolute atomic E-state index is 14.2. The molecule has 0 unspecified atom stereocenters. The lowest BCUT2D eigenvalue weighted by Crippen LogP contribution is -2.25. The Labute approximate surface area is 291 Å². The van der Waals surface area contributed by atoms with E-state index in [4.69, 9.17) is 0 Å². The summed E-state index contributed by atoms with van der Waals surface area (Å²) >= 11 is 0. The molecule has 2 aliphatic carbocycles. The monoisotopic (exact) mass is 643 g/mol. The van der Waals surface area contributed by atoms with Crippen molar-refractivity contribution in [1.82, 2.24) is 0 Å². The minimum Gasteiger partial charge on any atom is -0.310 e. The molecular weight excluding hydrogens is 610 g/mol. The van der Waals surface area contributed by atoms with E-state index in [1.54, 1.807) is 12.1 Å². The van der Waals surface area contributed by atoms with Crippen LogP contribution in [-0.4, -0.2) is 0 Å². The Morgan fingerprint density at radius 1 is 0.460 bits per heavy atom. The second kappa shape index (κ2) is 10.8. The van der Waals surface area contributed by atoms with Crippen molar-refractivity contribution in [3.8, 4) is 22.3 Å². The summed E-state index contributed by atoms with van der Waals surface area (Å²) in [5.41, 5.74) is 14.4. The van der Waals surface area contributed by atoms with E-state index in [0.29, 0.717) is 5.92 Å². The van der Waals surface area contributed by atoms with Gasteiger partial charge in [-0.1, -0.05) is 117 Å². The van der Waals surface area contributed by atoms with E-state index in [1.807, 2.05) is 12.1 Å². The molecule has 2 heteroatoms. The number of nitrogens with zero attached hydrogens (tertiary/aromatic N) is 1. The van der Waals surface area contributed by atoms with Crippen LogP contribution in [-0.2, 0) is 5.41 Å². The SMILES string of the molecule is CC(C)c1ccc(N(c2ccc(F)cc2)c2ccc3cc4c(cc3c2)C2(c3ccccc3-c3ccccc32)c2ccc3ccccc3c2-4)cc1. The topological polar surface area (TPSA) is 3.24 Å². The first-order valence-corrected chi connectivity index (χ1v) is 17.5. The van der Waals surface area contributed by atoms with Gasteiger partial charge in [0.25, 0.3) is 0 Å². The molecule has 8 aromatic rings. The van der Waals surface area contributed by atoms with Gasteiger partial charge in [-0.2, -0.15) is 0 Å². The number of rotatable bonds is 4. The largest absolute Gasteiger partial charge is 0.310 e. The summed E-state index contributed by atoms with van der Waals surface area (Å²) in [6, 6.07) is 58.6. The molecule has 1 nitrogen and oxygen atoms in total. The third-order valence-corrected chi connectivity index (χ3v) is 11.1. The Balaban J connectivity index is 1.25. The summed E-state index contributed by atoms with van der Waals surface area (Å²) in [5, 5.41) is 4.90. The van der Waals surface area contributed by atoms with Crippen LogP contribution >= 0.6 is 0 Å². The molecule has 0 amide bonds. The lowest BCUT2D eigenvalue weighted by Gasteiger charge is -2.31. The Morgan fingerprint density at radius 2 is 1.06 bits per heavy atom. The molecule has 0 heterocycles. The molecule has 50 heavy (non-hydrogen) atoms. The van der Waals surface area contributed by atoms with Crippen LogP contribution in [0, 0.1) is 5.82 Å². The number of halogens is 1. The number of anilines is 3. The van der Waals surface area contributed by atoms with E-state index in [-0.39, 0.29) is 5.82 Å². The highest BCUT2D eigenvalue weighted by Crippen LogP contribution is 2.64. The summed E-state index contributed by atoms with van der Waals surface area (Å²) in [7, 11) is 0. The van der Waals surface area contributed by atoms with E-state index < -0.39 is 5.41 Å². The molecule has 10 rings (SSSR count). The van der Waals surface area contributed by atoms with E-state index in [9.17, 15) is 4.39 Å². The predicted molar refractivity (Wildman–Crippen MR) is 206 cm³/mol. The van der Waals surface area contributed by atoms with Crippen molar-refractivity contribution in [3.05, 3.63) is 197 Å². The first-order chi connectivity index (χ1) is 24.5. The van der Waals surface area contributed by atoms with Crippen molar-refractivity contribution in [1.29, 1.82) is 0 Å². The summed E-state index contributed by atoms with van der Waals surface area (Å²) in [6.45, 7) is 4.42. The summed E-state index contributed by atoms with van der Waals surface area (Å²) in [4.78, 5) is 2.23. The third kappa shape index (κ3) is 3.99. The molecule has 0 aliphatic heterocycles. The van der Waals surface area contributed by atoms with Gasteiger partial charge in [0.05, 0.1) is 5.41 Å². The zero-order chi connectivity index (χ0) is 33.6. The van der Waals surface area contributed by atoms with Gasteiger partial charge in [-0.3, -0.25) is 0 Å². The quantitative estimate of drug-likeness (QED) is 0.184. The Kier molecular flexibility index (Phi) is 6.23. The van der Waals surface area contributed by atoms with Crippen molar-refractivity contribution >= 4 is 38.6 Å². The third-order valence-electron chi connectivity index (χ3n) is 11.1. The standard InChI is InChI=1S/C48H34FN/c1-30(2)31-15-21-36(22-16-31)50(37-24-19-35(49)20-25-37)38-23-17-33-28-42-46(29-34(33)27-38)48(45-26-18-32-9-3-4-10-39(32)47(42)45)43-13-7-5-11-40(43)41-12-6-8-14-44(41)48/h3-30H,1-2H3. The van der Waals surface area contributed by atoms with Gasteiger partial charge in [0, 0.05) is 17.1 Å². The van der Waals surface area contributed by atoms with Crippen LogP contribution < -0.4 is 4.90 Å². The summed E-state index contributed by atoms with van der Waals surface area (Å²) < 4.78 is 14.2. The van der Waals surface area contributed by atoms with Gasteiger partial charge in [0.1, 0.15) is 5.82 Å². The minimum atomic E-state index is -0.435. The van der Waals surface area contributed by atoms with Crippen molar-refractivity contribution in [2.45, 2.75) is 25.2 Å². The van der Waals surface area contributed by atoms with Crippen LogP contribution in [0.5, 0.6) is 0 Å².